The lowest BCUT2D eigenvalue weighted by atomic mass is 10.0. The maximum atomic E-state index is 5.30. The van der Waals surface area contributed by atoms with Crippen LogP contribution in [0.25, 0.3) is 0 Å². The first-order valence-electron chi connectivity index (χ1n) is 4.54. The molecule has 2 heteroatoms. The summed E-state index contributed by atoms with van der Waals surface area (Å²) in [6, 6.07) is 10.6. The molecule has 1 rings (SSSR count). The van der Waals surface area contributed by atoms with E-state index in [0.717, 1.165) is 0 Å². The van der Waals surface area contributed by atoms with Gasteiger partial charge >= 0.3 is 0 Å². The summed E-state index contributed by atoms with van der Waals surface area (Å²) < 4.78 is 5.30. The minimum absolute atomic E-state index is 0.187. The number of likely N-dealkylation sites (N-methyl/N-ethyl adjacent to an activating group) is 1. The van der Waals surface area contributed by atoms with Crippen LogP contribution in [0.3, 0.4) is 0 Å². The maximum absolute atomic E-state index is 5.30. The second-order valence-electron chi connectivity index (χ2n) is 3.12. The Bertz CT molecular complexity index is 235. The highest BCUT2D eigenvalue weighted by molar-refractivity contribution is 5.19. The van der Waals surface area contributed by atoms with E-state index < -0.39 is 0 Å². The smallest absolute Gasteiger partial charge is 0.0737 e. The number of ether oxygens (including phenoxy) is 1. The average Bonchev–Trinajstić information content (AvgIpc) is 2.20. The van der Waals surface area contributed by atoms with Gasteiger partial charge in [0.15, 0.2) is 0 Å². The van der Waals surface area contributed by atoms with Crippen LogP contribution in [0.4, 0.5) is 0 Å². The molecule has 2 nitrogen and oxygen atoms in total. The molecule has 0 heterocycles. The first-order valence-corrected chi connectivity index (χ1v) is 4.54. The normalized spacial score (nSPS) is 15.3. The summed E-state index contributed by atoms with van der Waals surface area (Å²) >= 11 is 0. The van der Waals surface area contributed by atoms with Crippen molar-refractivity contribution in [3.63, 3.8) is 0 Å². The summed E-state index contributed by atoms with van der Waals surface area (Å²) in [5.41, 5.74) is 1.26. The van der Waals surface area contributed by atoms with Crippen LogP contribution in [0, 0.1) is 0 Å². The number of methoxy groups -OCH3 is 1. The average molecular weight is 179 g/mol. The fourth-order valence-corrected chi connectivity index (χ4v) is 1.47. The van der Waals surface area contributed by atoms with Crippen molar-refractivity contribution in [1.29, 1.82) is 0 Å². The fraction of sp³-hybridized carbons (Fsp3) is 0.455. The van der Waals surface area contributed by atoms with Gasteiger partial charge in [0.25, 0.3) is 0 Å². The molecule has 0 aliphatic heterocycles. The van der Waals surface area contributed by atoms with E-state index in [0.29, 0.717) is 0 Å². The standard InChI is InChI=1S/C11H17NO/c1-9(13-3)11(12-2)10-7-5-4-6-8-10/h4-9,11-12H,1-3H3. The number of benzene rings is 1. The molecular weight excluding hydrogens is 162 g/mol. The molecular formula is C11H17NO. The molecule has 0 aliphatic carbocycles. The molecule has 0 aliphatic rings. The minimum atomic E-state index is 0.187. The van der Waals surface area contributed by atoms with Crippen LogP contribution in [0.1, 0.15) is 18.5 Å². The second kappa shape index (κ2) is 5.00. The molecule has 1 N–H and O–H groups in total. The lowest BCUT2D eigenvalue weighted by Gasteiger charge is -2.22. The lowest BCUT2D eigenvalue weighted by molar-refractivity contribution is 0.0857. The van der Waals surface area contributed by atoms with Crippen LogP contribution < -0.4 is 5.32 Å². The van der Waals surface area contributed by atoms with Crippen molar-refractivity contribution in [1.82, 2.24) is 5.32 Å². The van der Waals surface area contributed by atoms with E-state index in [4.69, 9.17) is 4.74 Å². The third-order valence-corrected chi connectivity index (χ3v) is 2.31. The van der Waals surface area contributed by atoms with E-state index in [1.54, 1.807) is 7.11 Å². The summed E-state index contributed by atoms with van der Waals surface area (Å²) in [5.74, 6) is 0. The Hall–Kier alpha value is -0.860. The van der Waals surface area contributed by atoms with Crippen LogP contribution >= 0.6 is 0 Å². The van der Waals surface area contributed by atoms with E-state index in [-0.39, 0.29) is 12.1 Å². The van der Waals surface area contributed by atoms with Gasteiger partial charge in [0.2, 0.25) is 0 Å². The van der Waals surface area contributed by atoms with Gasteiger partial charge in [0.1, 0.15) is 0 Å². The van der Waals surface area contributed by atoms with Crippen LogP contribution in [0.15, 0.2) is 30.3 Å². The topological polar surface area (TPSA) is 21.3 Å². The van der Waals surface area contributed by atoms with Crippen LogP contribution in [0.2, 0.25) is 0 Å². The Morgan fingerprint density at radius 3 is 2.31 bits per heavy atom. The second-order valence-corrected chi connectivity index (χ2v) is 3.12. The van der Waals surface area contributed by atoms with Crippen molar-refractivity contribution in [3.05, 3.63) is 35.9 Å². The zero-order valence-corrected chi connectivity index (χ0v) is 8.45. The first kappa shape index (κ1) is 10.2. The largest absolute Gasteiger partial charge is 0.380 e. The molecule has 0 saturated heterocycles. The summed E-state index contributed by atoms with van der Waals surface area (Å²) in [7, 11) is 3.69. The van der Waals surface area contributed by atoms with E-state index in [1.807, 2.05) is 25.2 Å². The summed E-state index contributed by atoms with van der Waals surface area (Å²) in [6.07, 6.45) is 0.187. The van der Waals surface area contributed by atoms with Gasteiger partial charge < -0.3 is 10.1 Å². The maximum Gasteiger partial charge on any atom is 0.0737 e. The van der Waals surface area contributed by atoms with Crippen molar-refractivity contribution in [2.45, 2.75) is 19.1 Å². The minimum Gasteiger partial charge on any atom is -0.380 e. The van der Waals surface area contributed by atoms with Gasteiger partial charge in [-0.05, 0) is 19.5 Å². The lowest BCUT2D eigenvalue weighted by Crippen LogP contribution is -2.28. The van der Waals surface area contributed by atoms with Crippen molar-refractivity contribution in [3.8, 4) is 0 Å². The van der Waals surface area contributed by atoms with Gasteiger partial charge in [-0.15, -0.1) is 0 Å². The molecule has 2 atom stereocenters. The Balaban J connectivity index is 2.78. The monoisotopic (exact) mass is 179 g/mol. The molecule has 72 valence electrons. The molecule has 13 heavy (non-hydrogen) atoms. The summed E-state index contributed by atoms with van der Waals surface area (Å²) in [6.45, 7) is 2.06. The third kappa shape index (κ3) is 2.54. The molecule has 1 aromatic rings. The number of hydrogen-bond acceptors (Lipinski definition) is 2. The Morgan fingerprint density at radius 1 is 1.23 bits per heavy atom. The van der Waals surface area contributed by atoms with Gasteiger partial charge in [-0.2, -0.15) is 0 Å². The van der Waals surface area contributed by atoms with E-state index in [9.17, 15) is 0 Å². The molecule has 0 bridgehead atoms. The summed E-state index contributed by atoms with van der Waals surface area (Å²) in [4.78, 5) is 0. The van der Waals surface area contributed by atoms with Gasteiger partial charge in [-0.25, -0.2) is 0 Å². The molecule has 0 spiro atoms. The molecule has 0 radical (unpaired) electrons. The van der Waals surface area contributed by atoms with E-state index in [2.05, 4.69) is 24.4 Å². The van der Waals surface area contributed by atoms with Crippen molar-refractivity contribution in [2.75, 3.05) is 14.2 Å². The van der Waals surface area contributed by atoms with Gasteiger partial charge in [-0.1, -0.05) is 30.3 Å². The number of hydrogen-bond donors (Lipinski definition) is 1. The van der Waals surface area contributed by atoms with E-state index >= 15 is 0 Å². The Labute approximate surface area is 79.9 Å². The van der Waals surface area contributed by atoms with Crippen LogP contribution in [-0.2, 0) is 4.74 Å². The van der Waals surface area contributed by atoms with Crippen molar-refractivity contribution < 1.29 is 4.74 Å². The highest BCUT2D eigenvalue weighted by Gasteiger charge is 2.15. The first-order chi connectivity index (χ1) is 6.29. The quantitative estimate of drug-likeness (QED) is 0.763. The predicted molar refractivity (Wildman–Crippen MR) is 54.7 cm³/mol. The van der Waals surface area contributed by atoms with Crippen molar-refractivity contribution in [2.24, 2.45) is 0 Å². The SMILES string of the molecule is CNC(c1ccccc1)C(C)OC. The molecule has 1 aromatic carbocycles. The van der Waals surface area contributed by atoms with Crippen LogP contribution in [0.5, 0.6) is 0 Å². The Morgan fingerprint density at radius 2 is 1.85 bits per heavy atom. The van der Waals surface area contributed by atoms with Gasteiger partial charge in [0, 0.05) is 7.11 Å². The highest BCUT2D eigenvalue weighted by Crippen LogP contribution is 2.17. The molecule has 0 aromatic heterocycles. The fourth-order valence-electron chi connectivity index (χ4n) is 1.47. The third-order valence-electron chi connectivity index (χ3n) is 2.31. The summed E-state index contributed by atoms with van der Waals surface area (Å²) in [5, 5.41) is 3.24. The van der Waals surface area contributed by atoms with Crippen LogP contribution in [-0.4, -0.2) is 20.3 Å². The molecule has 2 unspecified atom stereocenters. The number of rotatable bonds is 4. The number of nitrogens with one attached hydrogen (secondary N) is 1. The Kier molecular flexibility index (Phi) is 3.93. The van der Waals surface area contributed by atoms with Gasteiger partial charge in [0.05, 0.1) is 12.1 Å². The highest BCUT2D eigenvalue weighted by atomic mass is 16.5. The molecule has 0 saturated carbocycles. The molecule has 0 fully saturated rings. The zero-order valence-electron chi connectivity index (χ0n) is 8.45. The van der Waals surface area contributed by atoms with Gasteiger partial charge in [-0.3, -0.25) is 0 Å². The molecule has 0 amide bonds. The predicted octanol–water partition coefficient (Wildman–Crippen LogP) is 1.98. The van der Waals surface area contributed by atoms with Crippen molar-refractivity contribution >= 4 is 0 Å². The zero-order chi connectivity index (χ0) is 9.68. The van der Waals surface area contributed by atoms with E-state index in [1.165, 1.54) is 5.56 Å².